The molecular formula is C10H10BrNO5. The van der Waals surface area contributed by atoms with E-state index in [4.69, 9.17) is 5.11 Å². The van der Waals surface area contributed by atoms with Crippen LogP contribution in [-0.4, -0.2) is 28.7 Å². The maximum Gasteiger partial charge on any atom is 0.339 e. The topological polar surface area (TPSA) is 85.6 Å². The van der Waals surface area contributed by atoms with E-state index in [1.165, 1.54) is 19.4 Å². The number of carbonyl (C=O) groups excluding carboxylic acids is 1. The molecule has 1 aromatic heterocycles. The van der Waals surface area contributed by atoms with Crippen molar-refractivity contribution in [3.8, 4) is 0 Å². The number of aromatic nitrogens is 1. The smallest absolute Gasteiger partial charge is 0.339 e. The Morgan fingerprint density at radius 2 is 2.18 bits per heavy atom. The molecule has 0 aliphatic carbocycles. The van der Waals surface area contributed by atoms with Gasteiger partial charge in [-0.2, -0.15) is 0 Å². The fraction of sp³-hybridized carbons (Fsp3) is 0.300. The summed E-state index contributed by atoms with van der Waals surface area (Å²) in [4.78, 5) is 33.3. The number of halogens is 1. The highest BCUT2D eigenvalue weighted by Crippen LogP contribution is 2.08. The average Bonchev–Trinajstić information content (AvgIpc) is 2.29. The van der Waals surface area contributed by atoms with Crippen LogP contribution >= 0.6 is 15.9 Å². The minimum absolute atomic E-state index is 0.00238. The Morgan fingerprint density at radius 3 is 2.71 bits per heavy atom. The van der Waals surface area contributed by atoms with Crippen LogP contribution in [0.1, 0.15) is 16.8 Å². The monoisotopic (exact) mass is 303 g/mol. The molecule has 0 spiro atoms. The van der Waals surface area contributed by atoms with Gasteiger partial charge in [-0.3, -0.25) is 9.59 Å². The van der Waals surface area contributed by atoms with Crippen LogP contribution in [0.2, 0.25) is 0 Å². The molecule has 0 fully saturated rings. The van der Waals surface area contributed by atoms with Crippen molar-refractivity contribution in [3.63, 3.8) is 0 Å². The third-order valence-corrected chi connectivity index (χ3v) is 2.60. The van der Waals surface area contributed by atoms with E-state index in [9.17, 15) is 14.4 Å². The van der Waals surface area contributed by atoms with Crippen LogP contribution in [0.5, 0.6) is 0 Å². The molecule has 0 radical (unpaired) electrons. The van der Waals surface area contributed by atoms with Gasteiger partial charge in [-0.15, -0.1) is 0 Å². The number of pyridine rings is 1. The lowest BCUT2D eigenvalue weighted by Gasteiger charge is -2.07. The van der Waals surface area contributed by atoms with Gasteiger partial charge >= 0.3 is 11.9 Å². The summed E-state index contributed by atoms with van der Waals surface area (Å²) in [5, 5.41) is 8.54. The molecular weight excluding hydrogens is 294 g/mol. The Bertz CT molecular complexity index is 508. The molecule has 1 heterocycles. The van der Waals surface area contributed by atoms with Gasteiger partial charge in [0.05, 0.1) is 23.6 Å². The number of rotatable bonds is 4. The normalized spacial score (nSPS) is 10.0. The van der Waals surface area contributed by atoms with E-state index in [0.29, 0.717) is 0 Å². The summed E-state index contributed by atoms with van der Waals surface area (Å²) < 4.78 is 5.86. The number of carboxylic acids is 1. The van der Waals surface area contributed by atoms with Crippen LogP contribution in [0, 0.1) is 0 Å². The number of carboxylic acid groups (broad SMARTS) is 1. The largest absolute Gasteiger partial charge is 0.481 e. The van der Waals surface area contributed by atoms with E-state index in [2.05, 4.69) is 20.7 Å². The lowest BCUT2D eigenvalue weighted by Crippen LogP contribution is -2.23. The van der Waals surface area contributed by atoms with Gasteiger partial charge < -0.3 is 14.4 Å². The summed E-state index contributed by atoms with van der Waals surface area (Å²) in [6.07, 6.45) is 1.08. The predicted molar refractivity (Wildman–Crippen MR) is 62.0 cm³/mol. The van der Waals surface area contributed by atoms with Gasteiger partial charge in [0.2, 0.25) is 0 Å². The summed E-state index contributed by atoms with van der Waals surface area (Å²) in [7, 11) is 1.23. The lowest BCUT2D eigenvalue weighted by molar-refractivity contribution is -0.137. The molecule has 0 aromatic carbocycles. The third-order valence-electron chi connectivity index (χ3n) is 2.03. The second-order valence-corrected chi connectivity index (χ2v) is 4.06. The van der Waals surface area contributed by atoms with Crippen molar-refractivity contribution in [1.82, 2.24) is 4.57 Å². The quantitative estimate of drug-likeness (QED) is 0.834. The fourth-order valence-electron chi connectivity index (χ4n) is 1.21. The zero-order valence-corrected chi connectivity index (χ0v) is 10.6. The molecule has 17 heavy (non-hydrogen) atoms. The lowest BCUT2D eigenvalue weighted by atomic mass is 10.3. The number of aryl methyl sites for hydroxylation is 1. The van der Waals surface area contributed by atoms with Crippen molar-refractivity contribution in [3.05, 3.63) is 32.7 Å². The highest BCUT2D eigenvalue weighted by Gasteiger charge is 2.11. The Balaban J connectivity index is 3.11. The minimum atomic E-state index is -1.02. The average molecular weight is 304 g/mol. The first kappa shape index (κ1) is 13.4. The van der Waals surface area contributed by atoms with E-state index in [1.54, 1.807) is 0 Å². The summed E-state index contributed by atoms with van der Waals surface area (Å²) in [6.45, 7) is -0.00238. The minimum Gasteiger partial charge on any atom is -0.481 e. The number of methoxy groups -OCH3 is 1. The van der Waals surface area contributed by atoms with Crippen molar-refractivity contribution in [1.29, 1.82) is 0 Å². The zero-order valence-electron chi connectivity index (χ0n) is 8.97. The van der Waals surface area contributed by atoms with Crippen molar-refractivity contribution < 1.29 is 19.4 Å². The summed E-state index contributed by atoms with van der Waals surface area (Å²) in [6, 6.07) is 1.34. The van der Waals surface area contributed by atoms with Crippen molar-refractivity contribution in [2.45, 2.75) is 13.0 Å². The molecule has 0 amide bonds. The predicted octanol–water partition coefficient (Wildman–Crippen LogP) is 0.872. The standard InChI is InChI=1S/C10H10BrNO5/c1-17-10(16)6-4-7(11)9(15)12(5-6)3-2-8(13)14/h4-5H,2-3H2,1H3,(H,13,14). The Morgan fingerprint density at radius 1 is 1.53 bits per heavy atom. The highest BCUT2D eigenvalue weighted by molar-refractivity contribution is 9.10. The van der Waals surface area contributed by atoms with Crippen LogP contribution in [0.4, 0.5) is 0 Å². The number of hydrogen-bond donors (Lipinski definition) is 1. The highest BCUT2D eigenvalue weighted by atomic mass is 79.9. The molecule has 7 heteroatoms. The molecule has 0 aliphatic rings. The molecule has 0 unspecified atom stereocenters. The first-order valence-corrected chi connectivity index (χ1v) is 5.45. The van der Waals surface area contributed by atoms with Gasteiger partial charge in [-0.25, -0.2) is 4.79 Å². The SMILES string of the molecule is COC(=O)c1cc(Br)c(=O)n(CCC(=O)O)c1. The van der Waals surface area contributed by atoms with Gasteiger partial charge in [-0.05, 0) is 22.0 Å². The molecule has 0 saturated heterocycles. The zero-order chi connectivity index (χ0) is 13.0. The maximum atomic E-state index is 11.6. The van der Waals surface area contributed by atoms with E-state index in [1.807, 2.05) is 0 Å². The van der Waals surface area contributed by atoms with Gasteiger partial charge in [0.25, 0.3) is 5.56 Å². The molecule has 0 aliphatic heterocycles. The molecule has 6 nitrogen and oxygen atoms in total. The molecule has 0 bridgehead atoms. The van der Waals surface area contributed by atoms with Gasteiger partial charge in [-0.1, -0.05) is 0 Å². The molecule has 1 rings (SSSR count). The van der Waals surface area contributed by atoms with E-state index < -0.39 is 11.9 Å². The third kappa shape index (κ3) is 3.42. The van der Waals surface area contributed by atoms with Crippen molar-refractivity contribution in [2.24, 2.45) is 0 Å². The first-order valence-electron chi connectivity index (χ1n) is 4.65. The Kier molecular flexibility index (Phi) is 4.45. The summed E-state index contributed by atoms with van der Waals surface area (Å²) in [5.41, 5.74) is -0.205. The number of ether oxygens (including phenoxy) is 1. The van der Waals surface area contributed by atoms with Crippen LogP contribution in [0.3, 0.4) is 0 Å². The Hall–Kier alpha value is -1.63. The van der Waals surface area contributed by atoms with Crippen LogP contribution in [0.15, 0.2) is 21.5 Å². The van der Waals surface area contributed by atoms with Gasteiger partial charge in [0.15, 0.2) is 0 Å². The van der Waals surface area contributed by atoms with Crippen molar-refractivity contribution in [2.75, 3.05) is 7.11 Å². The summed E-state index contributed by atoms with van der Waals surface area (Å²) >= 11 is 3.01. The second-order valence-electron chi connectivity index (χ2n) is 3.21. The second kappa shape index (κ2) is 5.62. The molecule has 0 saturated carbocycles. The molecule has 1 N–H and O–H groups in total. The number of nitrogens with zero attached hydrogens (tertiary/aromatic N) is 1. The van der Waals surface area contributed by atoms with Gasteiger partial charge in [0.1, 0.15) is 0 Å². The molecule has 92 valence electrons. The molecule has 1 aromatic rings. The van der Waals surface area contributed by atoms with E-state index in [0.717, 1.165) is 4.57 Å². The maximum absolute atomic E-state index is 11.6. The van der Waals surface area contributed by atoms with Crippen LogP contribution < -0.4 is 5.56 Å². The van der Waals surface area contributed by atoms with Crippen molar-refractivity contribution >= 4 is 27.9 Å². The van der Waals surface area contributed by atoms with Gasteiger partial charge in [0, 0.05) is 12.7 Å². The van der Waals surface area contributed by atoms with E-state index >= 15 is 0 Å². The Labute approximate surface area is 105 Å². The first-order chi connectivity index (χ1) is 7.95. The number of carbonyl (C=O) groups is 2. The van der Waals surface area contributed by atoms with Crippen LogP contribution in [-0.2, 0) is 16.1 Å². The van der Waals surface area contributed by atoms with Crippen LogP contribution in [0.25, 0.3) is 0 Å². The number of esters is 1. The fourth-order valence-corrected chi connectivity index (χ4v) is 1.69. The number of aliphatic carboxylic acids is 1. The molecule has 0 atom stereocenters. The number of hydrogen-bond acceptors (Lipinski definition) is 4. The van der Waals surface area contributed by atoms with E-state index in [-0.39, 0.29) is 28.6 Å². The summed E-state index contributed by atoms with van der Waals surface area (Å²) in [5.74, 6) is -1.61.